The summed E-state index contributed by atoms with van der Waals surface area (Å²) in [6, 6.07) is 2.56. The van der Waals surface area contributed by atoms with Crippen LogP contribution in [0.5, 0.6) is 0 Å². The van der Waals surface area contributed by atoms with Crippen molar-refractivity contribution < 1.29 is 8.78 Å². The molecular formula is C14H11ClF2N2S. The lowest BCUT2D eigenvalue weighted by Crippen LogP contribution is -2.05. The molecule has 0 aliphatic rings. The molecule has 6 heteroatoms. The molecule has 0 atom stereocenters. The van der Waals surface area contributed by atoms with Crippen molar-refractivity contribution >= 4 is 34.0 Å². The second-order valence-electron chi connectivity index (χ2n) is 4.56. The average Bonchev–Trinajstić information content (AvgIpc) is 2.99. The van der Waals surface area contributed by atoms with Crippen molar-refractivity contribution in [2.75, 3.05) is 0 Å². The van der Waals surface area contributed by atoms with Crippen LogP contribution in [0.4, 0.5) is 8.78 Å². The van der Waals surface area contributed by atoms with Crippen molar-refractivity contribution in [3.05, 3.63) is 51.5 Å². The van der Waals surface area contributed by atoms with Gasteiger partial charge >= 0.3 is 0 Å². The first-order chi connectivity index (χ1) is 9.61. The topological polar surface area (TPSA) is 17.8 Å². The van der Waals surface area contributed by atoms with Gasteiger partial charge in [0, 0.05) is 0 Å². The minimum Gasteiger partial charge on any atom is -0.320 e. The van der Waals surface area contributed by atoms with Crippen LogP contribution in [-0.2, 0) is 12.4 Å². The zero-order valence-corrected chi connectivity index (χ0v) is 12.2. The van der Waals surface area contributed by atoms with Gasteiger partial charge in [0.1, 0.15) is 11.3 Å². The Balaban J connectivity index is 2.22. The Morgan fingerprint density at radius 3 is 2.75 bits per heavy atom. The number of imidazole rings is 1. The Hall–Kier alpha value is -1.46. The largest absolute Gasteiger partial charge is 0.320 e. The Bertz CT molecular complexity index is 779. The zero-order valence-electron chi connectivity index (χ0n) is 10.7. The lowest BCUT2D eigenvalue weighted by atomic mass is 10.2. The number of halogens is 3. The number of benzene rings is 1. The highest BCUT2D eigenvalue weighted by molar-refractivity contribution is 7.08. The van der Waals surface area contributed by atoms with Crippen molar-refractivity contribution in [3.63, 3.8) is 0 Å². The quantitative estimate of drug-likeness (QED) is 0.652. The number of aromatic nitrogens is 2. The minimum absolute atomic E-state index is 0.152. The standard InChI is InChI=1S/C14H11ClF2N2S/c1-8-6-20-7-9(8)5-19-12(4-15)18-11-3-2-10(16)13(17)14(11)19/h2-3,6-7H,4-5H2,1H3. The van der Waals surface area contributed by atoms with E-state index < -0.39 is 11.6 Å². The number of hydrogen-bond acceptors (Lipinski definition) is 2. The van der Waals surface area contributed by atoms with Crippen molar-refractivity contribution in [1.82, 2.24) is 9.55 Å². The van der Waals surface area contributed by atoms with Gasteiger partial charge in [0.15, 0.2) is 11.6 Å². The van der Waals surface area contributed by atoms with E-state index in [-0.39, 0.29) is 11.4 Å². The summed E-state index contributed by atoms with van der Waals surface area (Å²) < 4.78 is 29.2. The average molecular weight is 313 g/mol. The van der Waals surface area contributed by atoms with Crippen LogP contribution in [0.1, 0.15) is 17.0 Å². The normalized spacial score (nSPS) is 11.4. The fourth-order valence-corrected chi connectivity index (χ4v) is 3.25. The Morgan fingerprint density at radius 2 is 2.10 bits per heavy atom. The van der Waals surface area contributed by atoms with E-state index in [4.69, 9.17) is 11.6 Å². The lowest BCUT2D eigenvalue weighted by Gasteiger charge is -2.08. The summed E-state index contributed by atoms with van der Waals surface area (Å²) in [7, 11) is 0. The third-order valence-corrected chi connectivity index (χ3v) is 4.44. The molecule has 0 aliphatic carbocycles. The molecule has 3 rings (SSSR count). The molecule has 0 saturated carbocycles. The summed E-state index contributed by atoms with van der Waals surface area (Å²) in [6.07, 6.45) is 0. The van der Waals surface area contributed by atoms with Crippen LogP contribution >= 0.6 is 22.9 Å². The molecule has 0 fully saturated rings. The van der Waals surface area contributed by atoms with Crippen LogP contribution in [0.25, 0.3) is 11.0 Å². The fraction of sp³-hybridized carbons (Fsp3) is 0.214. The van der Waals surface area contributed by atoms with E-state index >= 15 is 0 Å². The van der Waals surface area contributed by atoms with Crippen LogP contribution in [0.15, 0.2) is 22.9 Å². The van der Waals surface area contributed by atoms with E-state index in [1.165, 1.54) is 6.07 Å². The molecule has 0 saturated heterocycles. The van der Waals surface area contributed by atoms with Gasteiger partial charge < -0.3 is 4.57 Å². The molecule has 0 radical (unpaired) electrons. The monoisotopic (exact) mass is 312 g/mol. The maximum Gasteiger partial charge on any atom is 0.184 e. The number of alkyl halides is 1. The van der Waals surface area contributed by atoms with Crippen molar-refractivity contribution in [2.45, 2.75) is 19.3 Å². The van der Waals surface area contributed by atoms with Gasteiger partial charge in [-0.15, -0.1) is 11.6 Å². The molecule has 2 nitrogen and oxygen atoms in total. The summed E-state index contributed by atoms with van der Waals surface area (Å²) in [5.74, 6) is -1.06. The predicted molar refractivity (Wildman–Crippen MR) is 77.4 cm³/mol. The van der Waals surface area contributed by atoms with E-state index in [0.717, 1.165) is 17.2 Å². The van der Waals surface area contributed by atoms with Gasteiger partial charge in [-0.05, 0) is 40.9 Å². The first-order valence-corrected chi connectivity index (χ1v) is 7.50. The zero-order chi connectivity index (χ0) is 14.3. The minimum atomic E-state index is -0.876. The molecule has 0 spiro atoms. The van der Waals surface area contributed by atoms with Crippen LogP contribution < -0.4 is 0 Å². The summed E-state index contributed by atoms with van der Waals surface area (Å²) in [4.78, 5) is 4.27. The van der Waals surface area contributed by atoms with Gasteiger partial charge in [-0.25, -0.2) is 13.8 Å². The van der Waals surface area contributed by atoms with Crippen LogP contribution in [0.3, 0.4) is 0 Å². The van der Waals surface area contributed by atoms with Crippen molar-refractivity contribution in [1.29, 1.82) is 0 Å². The maximum atomic E-state index is 14.1. The summed E-state index contributed by atoms with van der Waals surface area (Å²) in [5.41, 5.74) is 2.78. The second kappa shape index (κ2) is 5.14. The molecule has 20 heavy (non-hydrogen) atoms. The molecule has 2 heterocycles. The second-order valence-corrected chi connectivity index (χ2v) is 5.57. The predicted octanol–water partition coefficient (Wildman–Crippen LogP) is 4.47. The number of fused-ring (bicyclic) bond motifs is 1. The third kappa shape index (κ3) is 2.11. The van der Waals surface area contributed by atoms with Gasteiger partial charge in [-0.1, -0.05) is 0 Å². The first-order valence-electron chi connectivity index (χ1n) is 6.02. The summed E-state index contributed by atoms with van der Waals surface area (Å²) in [6.45, 7) is 2.43. The Kier molecular flexibility index (Phi) is 3.48. The molecule has 2 aromatic heterocycles. The Labute approximate surface area is 123 Å². The highest BCUT2D eigenvalue weighted by atomic mass is 35.5. The molecule has 0 aliphatic heterocycles. The van der Waals surface area contributed by atoms with E-state index in [1.54, 1.807) is 15.9 Å². The van der Waals surface area contributed by atoms with Crippen LogP contribution in [-0.4, -0.2) is 9.55 Å². The van der Waals surface area contributed by atoms with E-state index in [9.17, 15) is 8.78 Å². The summed E-state index contributed by atoms with van der Waals surface area (Å²) in [5, 5.41) is 4.02. The van der Waals surface area contributed by atoms with Gasteiger partial charge in [-0.3, -0.25) is 0 Å². The highest BCUT2D eigenvalue weighted by Gasteiger charge is 2.17. The van der Waals surface area contributed by atoms with Gasteiger partial charge in [0.2, 0.25) is 0 Å². The molecule has 1 aromatic carbocycles. The number of nitrogens with zero attached hydrogens (tertiary/aromatic N) is 2. The molecule has 0 bridgehead atoms. The fourth-order valence-electron chi connectivity index (χ4n) is 2.20. The third-order valence-electron chi connectivity index (χ3n) is 3.29. The van der Waals surface area contributed by atoms with Gasteiger partial charge in [0.25, 0.3) is 0 Å². The number of thiophene rings is 1. The van der Waals surface area contributed by atoms with Gasteiger partial charge in [0.05, 0.1) is 17.9 Å². The molecule has 3 aromatic rings. The molecule has 0 unspecified atom stereocenters. The van der Waals surface area contributed by atoms with Crippen molar-refractivity contribution in [3.8, 4) is 0 Å². The lowest BCUT2D eigenvalue weighted by molar-refractivity contribution is 0.512. The number of hydrogen-bond donors (Lipinski definition) is 0. The number of aryl methyl sites for hydroxylation is 1. The van der Waals surface area contributed by atoms with Crippen LogP contribution in [0, 0.1) is 18.6 Å². The van der Waals surface area contributed by atoms with Crippen molar-refractivity contribution in [2.24, 2.45) is 0 Å². The van der Waals surface area contributed by atoms with Gasteiger partial charge in [-0.2, -0.15) is 11.3 Å². The molecule has 0 N–H and O–H groups in total. The first kappa shape index (κ1) is 13.5. The molecular weight excluding hydrogens is 302 g/mol. The molecule has 0 amide bonds. The highest BCUT2D eigenvalue weighted by Crippen LogP contribution is 2.25. The van der Waals surface area contributed by atoms with E-state index in [2.05, 4.69) is 4.98 Å². The molecule has 104 valence electrons. The van der Waals surface area contributed by atoms with E-state index in [0.29, 0.717) is 17.9 Å². The number of rotatable bonds is 3. The maximum absolute atomic E-state index is 14.1. The smallest absolute Gasteiger partial charge is 0.184 e. The summed E-state index contributed by atoms with van der Waals surface area (Å²) >= 11 is 7.46. The Morgan fingerprint density at radius 1 is 1.30 bits per heavy atom. The van der Waals surface area contributed by atoms with Crippen LogP contribution in [0.2, 0.25) is 0 Å². The SMILES string of the molecule is Cc1cscc1Cn1c(CCl)nc2ccc(F)c(F)c21. The van der Waals surface area contributed by atoms with E-state index in [1.807, 2.05) is 17.7 Å².